The fourth-order valence-electron chi connectivity index (χ4n) is 2.79. The van der Waals surface area contributed by atoms with Gasteiger partial charge in [-0.25, -0.2) is 4.98 Å². The van der Waals surface area contributed by atoms with E-state index >= 15 is 0 Å². The van der Waals surface area contributed by atoms with E-state index in [0.29, 0.717) is 20.9 Å². The average Bonchev–Trinajstić information content (AvgIpc) is 3.16. The van der Waals surface area contributed by atoms with Crippen molar-refractivity contribution in [1.29, 1.82) is 0 Å². The molecule has 1 amide bonds. The molecule has 0 unspecified atom stereocenters. The number of fused-ring (bicyclic) bond motifs is 1. The van der Waals surface area contributed by atoms with Gasteiger partial charge in [0.15, 0.2) is 6.61 Å². The number of carbonyl (C=O) groups is 1. The molecule has 0 N–H and O–H groups in total. The lowest BCUT2D eigenvalue weighted by Crippen LogP contribution is -2.30. The number of carbonyl (C=O) groups excluding carboxylic acids is 1. The monoisotopic (exact) mass is 469 g/mol. The maximum atomic E-state index is 13.0. The van der Waals surface area contributed by atoms with Gasteiger partial charge >= 0.3 is 0 Å². The molecule has 0 aliphatic heterocycles. The maximum Gasteiger partial charge on any atom is 0.287 e. The van der Waals surface area contributed by atoms with Gasteiger partial charge in [-0.3, -0.25) is 4.79 Å². The lowest BCUT2D eigenvalue weighted by Gasteiger charge is -2.15. The van der Waals surface area contributed by atoms with Gasteiger partial charge in [0, 0.05) is 5.02 Å². The molecule has 31 heavy (non-hydrogen) atoms. The number of amides is 1. The van der Waals surface area contributed by atoms with Gasteiger partial charge in [-0.15, -0.1) is 0 Å². The van der Waals surface area contributed by atoms with Crippen LogP contribution < -0.4 is 9.75 Å². The summed E-state index contributed by atoms with van der Waals surface area (Å²) >= 11 is 13.5. The van der Waals surface area contributed by atoms with Crippen LogP contribution in [0.3, 0.4) is 0 Å². The van der Waals surface area contributed by atoms with Crippen LogP contribution in [-0.4, -0.2) is 23.7 Å². The quantitative estimate of drug-likeness (QED) is 0.244. The Balaban J connectivity index is 1.62. The van der Waals surface area contributed by atoms with Crippen molar-refractivity contribution >= 4 is 62.0 Å². The van der Waals surface area contributed by atoms with E-state index in [4.69, 9.17) is 27.9 Å². The first-order chi connectivity index (χ1) is 15.0. The summed E-state index contributed by atoms with van der Waals surface area (Å²) < 4.78 is 6.60. The Morgan fingerprint density at radius 3 is 2.71 bits per heavy atom. The Bertz CT molecular complexity index is 1260. The summed E-state index contributed by atoms with van der Waals surface area (Å²) in [4.78, 5) is 17.6. The van der Waals surface area contributed by atoms with Crippen molar-refractivity contribution in [1.82, 2.24) is 4.98 Å². The molecule has 0 bridgehead atoms. The number of anilines is 1. The molecule has 1 aromatic heterocycles. The molecule has 0 radical (unpaired) electrons. The van der Waals surface area contributed by atoms with Crippen LogP contribution in [0.5, 0.6) is 5.75 Å². The first kappa shape index (κ1) is 21.3. The Morgan fingerprint density at radius 1 is 1.13 bits per heavy atom. The number of hydrogen-bond acceptors (Lipinski definition) is 5. The number of ether oxygens (including phenoxy) is 1. The lowest BCUT2D eigenvalue weighted by atomic mass is 10.2. The minimum atomic E-state index is -0.381. The van der Waals surface area contributed by atoms with Crippen LogP contribution >= 0.6 is 34.5 Å². The molecule has 0 fully saturated rings. The van der Waals surface area contributed by atoms with Crippen molar-refractivity contribution in [3.63, 3.8) is 0 Å². The number of thiazole rings is 1. The third kappa shape index (κ3) is 5.22. The van der Waals surface area contributed by atoms with Gasteiger partial charge in [0.1, 0.15) is 5.75 Å². The number of aryl methyl sites for hydroxylation is 1. The molecule has 3 aromatic carbocycles. The van der Waals surface area contributed by atoms with Crippen LogP contribution in [0.4, 0.5) is 5.13 Å². The van der Waals surface area contributed by atoms with Crippen molar-refractivity contribution < 1.29 is 9.53 Å². The fraction of sp³-hybridized carbons (Fsp3) is 0.0870. The number of benzene rings is 3. The van der Waals surface area contributed by atoms with E-state index in [1.165, 1.54) is 16.3 Å². The highest BCUT2D eigenvalue weighted by molar-refractivity contribution is 7.22. The van der Waals surface area contributed by atoms with E-state index in [9.17, 15) is 4.79 Å². The number of rotatable bonds is 6. The predicted molar refractivity (Wildman–Crippen MR) is 128 cm³/mol. The molecule has 1 heterocycles. The minimum Gasteiger partial charge on any atom is -0.482 e. The van der Waals surface area contributed by atoms with E-state index in [1.807, 2.05) is 55.5 Å². The lowest BCUT2D eigenvalue weighted by molar-refractivity contribution is -0.120. The van der Waals surface area contributed by atoms with Crippen LogP contribution in [0.1, 0.15) is 11.1 Å². The van der Waals surface area contributed by atoms with Gasteiger partial charge in [0.05, 0.1) is 21.5 Å². The molecule has 0 saturated heterocycles. The minimum absolute atomic E-state index is 0.261. The van der Waals surface area contributed by atoms with E-state index in [2.05, 4.69) is 10.1 Å². The zero-order valence-corrected chi connectivity index (χ0v) is 18.8. The highest BCUT2D eigenvalue weighted by Crippen LogP contribution is 2.31. The highest BCUT2D eigenvalue weighted by atomic mass is 35.5. The molecule has 0 aliphatic rings. The summed E-state index contributed by atoms with van der Waals surface area (Å²) in [5, 5.41) is 6.94. The number of hydrazone groups is 1. The number of hydrogen-bond donors (Lipinski definition) is 0. The van der Waals surface area contributed by atoms with E-state index < -0.39 is 0 Å². The Kier molecular flexibility index (Phi) is 6.51. The second-order valence-electron chi connectivity index (χ2n) is 6.69. The standard InChI is InChI=1S/C23H17Cl2N3O2S/c1-15-7-9-19-21(11-15)31-23(27-19)28(26-13-16-5-3-2-4-6-16)22(29)14-30-20-10-8-17(24)12-18(20)25/h2-13H,14H2,1H3/b26-13+. The van der Waals surface area contributed by atoms with Gasteiger partial charge < -0.3 is 4.74 Å². The highest BCUT2D eigenvalue weighted by Gasteiger charge is 2.20. The first-order valence-electron chi connectivity index (χ1n) is 9.36. The molecule has 5 nitrogen and oxygen atoms in total. The summed E-state index contributed by atoms with van der Waals surface area (Å²) in [6, 6.07) is 20.3. The van der Waals surface area contributed by atoms with E-state index in [0.717, 1.165) is 21.3 Å². The maximum absolute atomic E-state index is 13.0. The predicted octanol–water partition coefficient (Wildman–Crippen LogP) is 6.36. The Labute approximate surface area is 193 Å². The summed E-state index contributed by atoms with van der Waals surface area (Å²) in [6.45, 7) is 1.75. The SMILES string of the molecule is Cc1ccc2nc(N(/N=C/c3ccccc3)C(=O)COc3ccc(Cl)cc3Cl)sc2c1. The third-order valence-corrected chi connectivity index (χ3v) is 5.84. The van der Waals surface area contributed by atoms with Crippen molar-refractivity contribution in [3.05, 3.63) is 87.9 Å². The van der Waals surface area contributed by atoms with Gasteiger partial charge in [0.25, 0.3) is 5.91 Å². The molecule has 0 atom stereocenters. The van der Waals surface area contributed by atoms with Crippen molar-refractivity contribution in [2.45, 2.75) is 6.92 Å². The normalized spacial score (nSPS) is 11.2. The molecule has 4 rings (SSSR count). The van der Waals surface area contributed by atoms with Crippen LogP contribution in [0.25, 0.3) is 10.2 Å². The second-order valence-corrected chi connectivity index (χ2v) is 8.54. The largest absolute Gasteiger partial charge is 0.482 e. The summed E-state index contributed by atoms with van der Waals surface area (Å²) in [6.07, 6.45) is 1.62. The molecular weight excluding hydrogens is 453 g/mol. The molecule has 8 heteroatoms. The van der Waals surface area contributed by atoms with Crippen LogP contribution in [0.15, 0.2) is 71.8 Å². The zero-order valence-electron chi connectivity index (χ0n) is 16.5. The summed E-state index contributed by atoms with van der Waals surface area (Å²) in [5.41, 5.74) is 2.79. The number of nitrogens with zero attached hydrogens (tertiary/aromatic N) is 3. The van der Waals surface area contributed by atoms with Crippen molar-refractivity contribution in [2.75, 3.05) is 11.6 Å². The van der Waals surface area contributed by atoms with Crippen molar-refractivity contribution in [3.8, 4) is 5.75 Å². The van der Waals surface area contributed by atoms with Crippen LogP contribution in [0.2, 0.25) is 10.0 Å². The molecule has 156 valence electrons. The van der Waals surface area contributed by atoms with Gasteiger partial charge in [-0.05, 0) is 48.4 Å². The molecule has 0 aliphatic carbocycles. The zero-order chi connectivity index (χ0) is 21.8. The third-order valence-electron chi connectivity index (χ3n) is 4.32. The number of aromatic nitrogens is 1. The van der Waals surface area contributed by atoms with E-state index in [1.54, 1.807) is 24.4 Å². The molecule has 0 spiro atoms. The Morgan fingerprint density at radius 2 is 1.94 bits per heavy atom. The van der Waals surface area contributed by atoms with E-state index in [-0.39, 0.29) is 12.5 Å². The first-order valence-corrected chi connectivity index (χ1v) is 10.9. The van der Waals surface area contributed by atoms with Gasteiger partial charge in [-0.1, -0.05) is 70.9 Å². The second kappa shape index (κ2) is 9.47. The summed E-state index contributed by atoms with van der Waals surface area (Å²) in [5.74, 6) is -0.0136. The average molecular weight is 470 g/mol. The molecule has 4 aromatic rings. The topological polar surface area (TPSA) is 54.8 Å². The molecule has 0 saturated carbocycles. The number of halogens is 2. The van der Waals surface area contributed by atoms with Crippen LogP contribution in [0, 0.1) is 6.92 Å². The smallest absolute Gasteiger partial charge is 0.287 e. The summed E-state index contributed by atoms with van der Waals surface area (Å²) in [7, 11) is 0. The Hall–Kier alpha value is -2.93. The van der Waals surface area contributed by atoms with Crippen LogP contribution in [-0.2, 0) is 4.79 Å². The fourth-order valence-corrected chi connectivity index (χ4v) is 4.29. The van der Waals surface area contributed by atoms with Gasteiger partial charge in [0.2, 0.25) is 5.13 Å². The molecular formula is C23H17Cl2N3O2S. The van der Waals surface area contributed by atoms with Crippen molar-refractivity contribution in [2.24, 2.45) is 5.10 Å². The van der Waals surface area contributed by atoms with Gasteiger partial charge in [-0.2, -0.15) is 10.1 Å².